The fraction of sp³-hybridized carbons (Fsp3) is 0.573. The first-order valence-electron chi connectivity index (χ1n) is 37.6. The number of phenolic OH excluding ortho intramolecular Hbond substituents is 1. The highest BCUT2D eigenvalue weighted by atomic mass is 33.1. The summed E-state index contributed by atoms with van der Waals surface area (Å²) in [6.45, 7) is 1.71. The molecule has 7 aliphatic carbocycles. The third-order valence-electron chi connectivity index (χ3n) is 27.4. The van der Waals surface area contributed by atoms with E-state index >= 15 is 4.79 Å². The maximum absolute atomic E-state index is 15.1. The number of fused-ring (bicyclic) bond motifs is 10. The first-order chi connectivity index (χ1) is 48.3. The standard InChI is InChI=1S/C82H102N8O7S2/c83-74-39-67-57(44-88-74)32-55-34-70(95)71(97-48-92)38-65(55)58(45-91)33-62(94)37-61(93)29-52-15-16-72-80(40-52,41-68-63-20-26-85-43-56(63)31-53-12-7-25-86-75(53)68)42-73-81(72)24-17-59-35-60-36-69(64-18-23-79(21-4-5-22-79)77(96)76(64)90-73)82(59,81)47-99-98-46-54(19-27-87-78(84)89-60)66(67)30-51-11-6-10-50(28-51)14-13-49-8-2-1-3-9-49/h1-3,6-12,18,23,28,33-34,38-39,44,52-54,56,59-60,63,66,68,72-77,85-86,88,90-92,95-96H,4-5,13-17,20-22,24-26,29-32,35-37,40-43,45-48,83H2,(H3,84,87,89)/b58-33+/t52-,53-,54-,56-,59+,60-,63+,66-,68+,72-,73+,74?,75+,76-,77-,80-,81-,82-/m0/s1. The van der Waals surface area contributed by atoms with Crippen molar-refractivity contribution in [2.24, 2.45) is 91.4 Å². The molecule has 18 rings (SSSR count). The Kier molecular flexibility index (Phi) is 19.1. The van der Waals surface area contributed by atoms with Crippen LogP contribution in [0.2, 0.25) is 0 Å². The number of ketones is 2. The topological polar surface area (TPSA) is 249 Å². The number of nitrogens with one attached hydrogen (secondary N) is 5. The van der Waals surface area contributed by atoms with E-state index in [1.54, 1.807) is 12.1 Å². The number of carbonyl (C=O) groups is 2. The van der Waals surface area contributed by atoms with Gasteiger partial charge in [0, 0.05) is 77.5 Å². The molecule has 0 radical (unpaired) electrons. The Morgan fingerprint density at radius 1 is 0.899 bits per heavy atom. The van der Waals surface area contributed by atoms with Gasteiger partial charge in [-0.15, -0.1) is 0 Å². The van der Waals surface area contributed by atoms with Crippen LogP contribution < -0.4 is 42.8 Å². The van der Waals surface area contributed by atoms with Gasteiger partial charge in [0.05, 0.1) is 31.3 Å². The highest BCUT2D eigenvalue weighted by molar-refractivity contribution is 8.76. The number of aryl methyl sites for hydroxylation is 2. The molecule has 3 spiro atoms. The van der Waals surface area contributed by atoms with Crippen LogP contribution in [0.25, 0.3) is 5.57 Å². The van der Waals surface area contributed by atoms with Crippen molar-refractivity contribution in [1.29, 1.82) is 0 Å². The van der Waals surface area contributed by atoms with Crippen molar-refractivity contribution in [3.05, 3.63) is 159 Å². The predicted molar refractivity (Wildman–Crippen MR) is 393 cm³/mol. The van der Waals surface area contributed by atoms with Gasteiger partial charge in [-0.25, -0.2) is 0 Å². The minimum absolute atomic E-state index is 0.00189. The van der Waals surface area contributed by atoms with Gasteiger partial charge in [-0.2, -0.15) is 4.99 Å². The Labute approximate surface area is 592 Å². The van der Waals surface area contributed by atoms with E-state index in [4.69, 9.17) is 21.2 Å². The zero-order valence-corrected chi connectivity index (χ0v) is 58.9. The molecule has 3 aromatic carbocycles. The summed E-state index contributed by atoms with van der Waals surface area (Å²) < 4.78 is 5.60. The van der Waals surface area contributed by atoms with E-state index in [2.05, 4.69) is 134 Å². The minimum Gasteiger partial charge on any atom is -0.504 e. The second-order valence-electron chi connectivity index (χ2n) is 32.3. The SMILES string of the molecule is NC1=NC#C[C@H]2CSSC[C@]34C5=C6C=CC7(CCCC7)[C@@H](O)[C@H]6N[C@@H]6C[C@@]7(C[C@@H]8[C@@H]9CCNC[C@@H]9C[C@@H]9C=CCN[C@@H]89)C[C@@H](CC[C@@H]7[C@@]63CC[C@@H]4C[C@@H](C5)N1)CC(=O)CC(=O)/C=C(\CO)c1cc(OCO)c(O)cc1CC1=CNC(N)C=C1[C@H]2Cc1cccc(CCc2ccccc2)c1. The van der Waals surface area contributed by atoms with Crippen LogP contribution >= 0.6 is 21.6 Å². The van der Waals surface area contributed by atoms with E-state index in [1.807, 2.05) is 17.0 Å². The minimum atomic E-state index is -0.712. The van der Waals surface area contributed by atoms with Gasteiger partial charge in [0.15, 0.2) is 24.1 Å². The lowest BCUT2D eigenvalue weighted by molar-refractivity contribution is -0.126. The average molecular weight is 1380 g/mol. The Morgan fingerprint density at radius 3 is 2.61 bits per heavy atom. The van der Waals surface area contributed by atoms with Gasteiger partial charge in [-0.3, -0.25) is 9.59 Å². The van der Waals surface area contributed by atoms with Gasteiger partial charge in [0.1, 0.15) is 5.78 Å². The lowest BCUT2D eigenvalue weighted by atomic mass is 9.46. The Morgan fingerprint density at radius 2 is 1.75 bits per heavy atom. The molecule has 8 heterocycles. The van der Waals surface area contributed by atoms with Crippen LogP contribution in [0.1, 0.15) is 137 Å². The van der Waals surface area contributed by atoms with Crippen molar-refractivity contribution in [2.45, 2.75) is 171 Å². The summed E-state index contributed by atoms with van der Waals surface area (Å²) in [7, 11) is 4.00. The Bertz CT molecular complexity index is 3890. The monoisotopic (exact) mass is 1370 g/mol. The molecule has 15 nitrogen and oxygen atoms in total. The van der Waals surface area contributed by atoms with Crippen LogP contribution in [-0.4, -0.2) is 119 Å². The quantitative estimate of drug-likeness (QED) is 0.0297. The zero-order chi connectivity index (χ0) is 67.6. The largest absolute Gasteiger partial charge is 0.504 e. The number of ether oxygens (including phenoxy) is 1. The molecule has 15 aliphatic rings. The fourth-order valence-electron chi connectivity index (χ4n) is 23.7. The number of aliphatic hydroxyl groups excluding tert-OH is 3. The third-order valence-corrected chi connectivity index (χ3v) is 29.9. The predicted octanol–water partition coefficient (Wildman–Crippen LogP) is 10.0. The molecule has 6 saturated carbocycles. The normalized spacial score (nSPS) is 38.1. The number of hydrogen-bond donors (Lipinski definition) is 11. The van der Waals surface area contributed by atoms with Crippen molar-refractivity contribution < 1.29 is 34.8 Å². The first kappa shape index (κ1) is 67.6. The van der Waals surface area contributed by atoms with E-state index in [-0.39, 0.29) is 93.2 Å². The maximum Gasteiger partial charge on any atom is 0.202 e. The average Bonchev–Trinajstić information content (AvgIpc) is 1.49. The smallest absolute Gasteiger partial charge is 0.202 e. The number of nitrogens with two attached hydrogens (primary N) is 2. The number of piperidine rings is 1. The first-order valence-corrected chi connectivity index (χ1v) is 40.1. The number of benzene rings is 3. The van der Waals surface area contributed by atoms with Crippen LogP contribution in [-0.2, 0) is 35.3 Å². The van der Waals surface area contributed by atoms with Crippen molar-refractivity contribution >= 4 is 44.7 Å². The molecule has 7 bridgehead atoms. The van der Waals surface area contributed by atoms with Gasteiger partial charge in [0.2, 0.25) is 5.96 Å². The fourth-order valence-corrected chi connectivity index (χ4v) is 26.7. The molecule has 1 unspecified atom stereocenters. The van der Waals surface area contributed by atoms with Gasteiger partial charge in [0.25, 0.3) is 0 Å². The number of Topliss-reactive ketones (excluding diaryl/α,β-unsaturated/α-hetero) is 1. The Hall–Kier alpha value is -5.91. The number of dihydropyridines is 1. The number of guanidine groups is 1. The number of phenols is 1. The van der Waals surface area contributed by atoms with Gasteiger partial charge >= 0.3 is 0 Å². The molecule has 8 aliphatic heterocycles. The molecule has 3 aromatic rings. The van der Waals surface area contributed by atoms with Gasteiger partial charge in [-0.05, 0) is 249 Å². The van der Waals surface area contributed by atoms with Crippen molar-refractivity contribution in [2.75, 3.05) is 44.5 Å². The van der Waals surface area contributed by atoms with Crippen molar-refractivity contribution in [3.63, 3.8) is 0 Å². The number of aromatic hydroxyl groups is 1. The number of aliphatic hydroxyl groups is 3. The third kappa shape index (κ3) is 12.4. The van der Waals surface area contributed by atoms with Crippen molar-refractivity contribution in [3.8, 4) is 23.5 Å². The molecule has 99 heavy (non-hydrogen) atoms. The zero-order valence-electron chi connectivity index (χ0n) is 57.3. The van der Waals surface area contributed by atoms with E-state index < -0.39 is 31.5 Å². The molecule has 13 N–H and O–H groups in total. The summed E-state index contributed by atoms with van der Waals surface area (Å²) in [5.74, 6) is 7.22. The number of allylic oxidation sites excluding steroid dienone is 3. The summed E-state index contributed by atoms with van der Waals surface area (Å²) in [5.41, 5.74) is 23.1. The lowest BCUT2D eigenvalue weighted by Crippen LogP contribution is -2.60. The molecule has 0 amide bonds. The van der Waals surface area contributed by atoms with E-state index in [0.717, 1.165) is 145 Å². The number of hydrogen-bond acceptors (Lipinski definition) is 17. The van der Waals surface area contributed by atoms with Crippen molar-refractivity contribution in [1.82, 2.24) is 26.6 Å². The number of aliphatic imine (C=N–C) groups is 1. The molecule has 18 atom stereocenters. The molecule has 524 valence electrons. The highest BCUT2D eigenvalue weighted by Crippen LogP contribution is 2.80. The summed E-state index contributed by atoms with van der Waals surface area (Å²) in [6, 6.07) is 26.3. The summed E-state index contributed by atoms with van der Waals surface area (Å²) in [5, 5.41) is 66.7. The molecule has 7 fully saturated rings. The molecule has 0 aromatic heterocycles. The van der Waals surface area contributed by atoms with E-state index in [9.17, 15) is 25.2 Å². The molecule has 1 saturated heterocycles. The molecule has 17 heteroatoms. The lowest BCUT2D eigenvalue weighted by Gasteiger charge is -2.60. The Balaban J connectivity index is 0.867. The highest BCUT2D eigenvalue weighted by Gasteiger charge is 2.77. The van der Waals surface area contributed by atoms with Crippen LogP contribution in [0.3, 0.4) is 0 Å². The van der Waals surface area contributed by atoms with Crippen LogP contribution in [0.5, 0.6) is 11.5 Å². The molecular formula is C82H102N8O7S2. The van der Waals surface area contributed by atoms with E-state index in [1.165, 1.54) is 34.8 Å². The molecular weight excluding hydrogens is 1270 g/mol. The van der Waals surface area contributed by atoms with Gasteiger partial charge < -0.3 is 63.2 Å². The van der Waals surface area contributed by atoms with Crippen LogP contribution in [0, 0.1) is 86.9 Å². The van der Waals surface area contributed by atoms with Crippen LogP contribution in [0.4, 0.5) is 0 Å². The summed E-state index contributed by atoms with van der Waals surface area (Å²) >= 11 is 0. The van der Waals surface area contributed by atoms with Crippen LogP contribution in [0.15, 0.2) is 137 Å². The number of carbonyl (C=O) groups excluding carboxylic acids is 2. The van der Waals surface area contributed by atoms with E-state index in [0.29, 0.717) is 77.2 Å². The number of nitrogens with zero attached hydrogens (tertiary/aromatic N) is 1. The maximum atomic E-state index is 15.1. The number of rotatable bonds is 10. The van der Waals surface area contributed by atoms with Gasteiger partial charge in [-0.1, -0.05) is 125 Å². The second kappa shape index (κ2) is 28.0. The summed E-state index contributed by atoms with van der Waals surface area (Å²) in [6.07, 6.45) is 32.3. The second-order valence-corrected chi connectivity index (χ2v) is 34.8. The summed E-state index contributed by atoms with van der Waals surface area (Å²) in [4.78, 5) is 34.8.